The van der Waals surface area contributed by atoms with E-state index in [9.17, 15) is 4.57 Å². The van der Waals surface area contributed by atoms with Gasteiger partial charge in [0.05, 0.1) is 6.16 Å². The molecule has 0 aliphatic heterocycles. The van der Waals surface area contributed by atoms with Gasteiger partial charge in [0.2, 0.25) is 0 Å². The normalized spacial score (nSPS) is 15.3. The summed E-state index contributed by atoms with van der Waals surface area (Å²) in [6, 6.07) is 10.3. The molecule has 18 heavy (non-hydrogen) atoms. The second-order valence-electron chi connectivity index (χ2n) is 5.03. The topological polar surface area (TPSA) is 29.5 Å². The Bertz CT molecular complexity index is 396. The number of rotatable bonds is 6. The first-order valence-electron chi connectivity index (χ1n) is 6.38. The van der Waals surface area contributed by atoms with Crippen LogP contribution in [-0.4, -0.2) is 23.9 Å². The Morgan fingerprint density at radius 2 is 1.61 bits per heavy atom. The van der Waals surface area contributed by atoms with E-state index in [-0.39, 0.29) is 12.1 Å². The van der Waals surface area contributed by atoms with Crippen molar-refractivity contribution in [3.8, 4) is 0 Å². The van der Waals surface area contributed by atoms with Crippen LogP contribution in [0.1, 0.15) is 33.3 Å². The zero-order chi connectivity index (χ0) is 13.8. The van der Waals surface area contributed by atoms with E-state index in [1.807, 2.05) is 35.0 Å². The van der Waals surface area contributed by atoms with Crippen LogP contribution in [0.25, 0.3) is 0 Å². The molecule has 0 amide bonds. The Hall–Kier alpha value is -0.630. The van der Waals surface area contributed by atoms with Gasteiger partial charge in [0.25, 0.3) is 7.52 Å². The first-order valence-corrected chi connectivity index (χ1v) is 8.14. The van der Waals surface area contributed by atoms with Crippen molar-refractivity contribution < 1.29 is 9.09 Å². The number of benzene rings is 1. The lowest BCUT2D eigenvalue weighted by Gasteiger charge is -2.36. The fourth-order valence-corrected chi connectivity index (χ4v) is 4.92. The van der Waals surface area contributed by atoms with Crippen molar-refractivity contribution in [1.29, 1.82) is 0 Å². The largest absolute Gasteiger partial charge is 0.321 e. The molecule has 1 atom stereocenters. The van der Waals surface area contributed by atoms with E-state index < -0.39 is 7.52 Å². The molecule has 1 aromatic carbocycles. The molecule has 102 valence electrons. The minimum Gasteiger partial charge on any atom is -0.321 e. The summed E-state index contributed by atoms with van der Waals surface area (Å²) in [5.74, 6) is 0. The molecular weight excluding hydrogens is 245 g/mol. The van der Waals surface area contributed by atoms with Gasteiger partial charge in [-0.15, -0.1) is 0 Å². The fourth-order valence-electron chi connectivity index (χ4n) is 2.35. The zero-order valence-corrected chi connectivity index (χ0v) is 12.9. The maximum absolute atomic E-state index is 13.0. The molecule has 0 aliphatic carbocycles. The average Bonchev–Trinajstić information content (AvgIpc) is 2.29. The van der Waals surface area contributed by atoms with Gasteiger partial charge in [-0.05, 0) is 33.3 Å². The van der Waals surface area contributed by atoms with Gasteiger partial charge >= 0.3 is 0 Å². The highest BCUT2D eigenvalue weighted by atomic mass is 31.2. The molecule has 0 heterocycles. The van der Waals surface area contributed by atoms with Gasteiger partial charge in [-0.2, -0.15) is 0 Å². The van der Waals surface area contributed by atoms with Crippen molar-refractivity contribution in [2.24, 2.45) is 0 Å². The van der Waals surface area contributed by atoms with Crippen LogP contribution in [0.5, 0.6) is 0 Å². The quantitative estimate of drug-likeness (QED) is 0.727. The van der Waals surface area contributed by atoms with Crippen molar-refractivity contribution in [2.45, 2.75) is 45.9 Å². The van der Waals surface area contributed by atoms with Crippen LogP contribution in [0.15, 0.2) is 30.3 Å². The highest BCUT2D eigenvalue weighted by Crippen LogP contribution is 2.55. The Kier molecular flexibility index (Phi) is 5.58. The van der Waals surface area contributed by atoms with Gasteiger partial charge in [0.15, 0.2) is 0 Å². The van der Waals surface area contributed by atoms with Crippen molar-refractivity contribution in [1.82, 2.24) is 4.67 Å². The smallest absolute Gasteiger partial charge is 0.276 e. The standard InChI is InChI=1S/C14H24NO2P/c1-12(2)15(13(3)4)18(16,17-5)11-14-9-7-6-8-10-14/h6-10,12-13H,11H2,1-5H3. The van der Waals surface area contributed by atoms with Crippen molar-refractivity contribution in [3.05, 3.63) is 35.9 Å². The van der Waals surface area contributed by atoms with Gasteiger partial charge in [-0.25, -0.2) is 4.67 Å². The summed E-state index contributed by atoms with van der Waals surface area (Å²) in [6.07, 6.45) is 0.459. The van der Waals surface area contributed by atoms with Crippen molar-refractivity contribution in [3.63, 3.8) is 0 Å². The van der Waals surface area contributed by atoms with E-state index in [1.54, 1.807) is 7.11 Å². The molecule has 0 N–H and O–H groups in total. The second kappa shape index (κ2) is 6.51. The summed E-state index contributed by atoms with van der Waals surface area (Å²) < 4.78 is 20.4. The van der Waals surface area contributed by atoms with E-state index in [1.165, 1.54) is 0 Å². The van der Waals surface area contributed by atoms with Crippen LogP contribution in [-0.2, 0) is 15.3 Å². The molecule has 1 aromatic rings. The molecule has 1 rings (SSSR count). The summed E-state index contributed by atoms with van der Waals surface area (Å²) in [6.45, 7) is 8.21. The van der Waals surface area contributed by atoms with Crippen molar-refractivity contribution >= 4 is 7.52 Å². The molecule has 0 aliphatic rings. The van der Waals surface area contributed by atoms with E-state index in [2.05, 4.69) is 27.7 Å². The third kappa shape index (κ3) is 3.68. The molecule has 3 nitrogen and oxygen atoms in total. The number of hydrogen-bond acceptors (Lipinski definition) is 2. The average molecular weight is 269 g/mol. The molecule has 1 unspecified atom stereocenters. The van der Waals surface area contributed by atoms with E-state index in [4.69, 9.17) is 4.52 Å². The van der Waals surface area contributed by atoms with Crippen molar-refractivity contribution in [2.75, 3.05) is 7.11 Å². The summed E-state index contributed by atoms with van der Waals surface area (Å²) >= 11 is 0. The SMILES string of the molecule is COP(=O)(Cc1ccccc1)N(C(C)C)C(C)C. The monoisotopic (exact) mass is 269 g/mol. The Labute approximate surface area is 111 Å². The van der Waals surface area contributed by atoms with Crippen LogP contribution in [0.4, 0.5) is 0 Å². The predicted octanol–water partition coefficient (Wildman–Crippen LogP) is 4.14. The maximum atomic E-state index is 13.0. The molecule has 0 saturated carbocycles. The zero-order valence-electron chi connectivity index (χ0n) is 12.0. The van der Waals surface area contributed by atoms with Gasteiger partial charge in [0, 0.05) is 19.2 Å². The van der Waals surface area contributed by atoms with Crippen LogP contribution in [0.2, 0.25) is 0 Å². The minimum atomic E-state index is -2.81. The van der Waals surface area contributed by atoms with Gasteiger partial charge in [-0.1, -0.05) is 30.3 Å². The molecular formula is C14H24NO2P. The number of nitrogens with zero attached hydrogens (tertiary/aromatic N) is 1. The Morgan fingerprint density at radius 1 is 1.11 bits per heavy atom. The van der Waals surface area contributed by atoms with Crippen LogP contribution in [0.3, 0.4) is 0 Å². The lowest BCUT2D eigenvalue weighted by molar-refractivity contribution is 0.241. The molecule has 0 saturated heterocycles. The summed E-state index contributed by atoms with van der Waals surface area (Å²) in [5, 5.41) is 0. The second-order valence-corrected chi connectivity index (χ2v) is 7.45. The first-order chi connectivity index (χ1) is 8.40. The minimum absolute atomic E-state index is 0.194. The van der Waals surface area contributed by atoms with Gasteiger partial charge in [0.1, 0.15) is 0 Å². The molecule has 4 heteroatoms. The predicted molar refractivity (Wildman–Crippen MR) is 76.9 cm³/mol. The molecule has 0 fully saturated rings. The summed E-state index contributed by atoms with van der Waals surface area (Å²) in [7, 11) is -1.27. The molecule has 0 radical (unpaired) electrons. The van der Waals surface area contributed by atoms with E-state index in [0.717, 1.165) is 5.56 Å². The van der Waals surface area contributed by atoms with E-state index in [0.29, 0.717) is 6.16 Å². The summed E-state index contributed by atoms with van der Waals surface area (Å²) in [4.78, 5) is 0. The number of hydrogen-bond donors (Lipinski definition) is 0. The Balaban J connectivity index is 3.01. The maximum Gasteiger partial charge on any atom is 0.276 e. The lowest BCUT2D eigenvalue weighted by atomic mass is 10.2. The molecule has 0 bridgehead atoms. The van der Waals surface area contributed by atoms with E-state index >= 15 is 0 Å². The van der Waals surface area contributed by atoms with Crippen LogP contribution in [0, 0.1) is 0 Å². The highest BCUT2D eigenvalue weighted by Gasteiger charge is 2.34. The van der Waals surface area contributed by atoms with Crippen LogP contribution < -0.4 is 0 Å². The lowest BCUT2D eigenvalue weighted by Crippen LogP contribution is -2.35. The van der Waals surface area contributed by atoms with Crippen LogP contribution >= 0.6 is 7.52 Å². The fraction of sp³-hybridized carbons (Fsp3) is 0.571. The third-order valence-electron chi connectivity index (χ3n) is 2.92. The van der Waals surface area contributed by atoms with Gasteiger partial charge < -0.3 is 4.52 Å². The van der Waals surface area contributed by atoms with Gasteiger partial charge in [-0.3, -0.25) is 4.57 Å². The first kappa shape index (κ1) is 15.4. The molecule has 0 aromatic heterocycles. The Morgan fingerprint density at radius 3 is 2.00 bits per heavy atom. The summed E-state index contributed by atoms with van der Waals surface area (Å²) in [5.41, 5.74) is 1.05. The molecule has 0 spiro atoms. The third-order valence-corrected chi connectivity index (χ3v) is 5.88. The highest BCUT2D eigenvalue weighted by molar-refractivity contribution is 7.55.